The molecule has 0 radical (unpaired) electrons. The maximum atomic E-state index is 9.76. The molecule has 0 atom stereocenters. The predicted octanol–water partition coefficient (Wildman–Crippen LogP) is 5.64. The van der Waals surface area contributed by atoms with Crippen LogP contribution in [0, 0.1) is 0 Å². The Morgan fingerprint density at radius 2 is 1.73 bits per heavy atom. The molecule has 0 amide bonds. The van der Waals surface area contributed by atoms with Crippen LogP contribution in [-0.2, 0) is 12.8 Å². The van der Waals surface area contributed by atoms with Gasteiger partial charge in [-0.3, -0.25) is 0 Å². The van der Waals surface area contributed by atoms with Crippen molar-refractivity contribution in [3.8, 4) is 16.9 Å². The molecule has 0 aliphatic rings. The fraction of sp³-hybridized carbons (Fsp3) is 0.333. The second-order valence-electron chi connectivity index (χ2n) is 5.57. The van der Waals surface area contributed by atoms with Crippen LogP contribution in [0.2, 0.25) is 6.04 Å². The number of hydrogen-bond acceptors (Lipinski definition) is 1. The van der Waals surface area contributed by atoms with Gasteiger partial charge in [-0.25, -0.2) is 0 Å². The molecule has 0 spiro atoms. The van der Waals surface area contributed by atoms with Crippen LogP contribution in [0.1, 0.15) is 30.9 Å². The summed E-state index contributed by atoms with van der Waals surface area (Å²) < 4.78 is 0. The van der Waals surface area contributed by atoms with Crippen LogP contribution >= 0.6 is 22.2 Å². The number of aromatic hydroxyl groups is 1. The van der Waals surface area contributed by atoms with Crippen molar-refractivity contribution in [3.05, 3.63) is 53.6 Å². The summed E-state index contributed by atoms with van der Waals surface area (Å²) in [5, 5.41) is 9.76. The Kier molecular flexibility index (Phi) is 6.81. The number of aryl methyl sites for hydroxylation is 2. The molecule has 2 rings (SSSR count). The van der Waals surface area contributed by atoms with Gasteiger partial charge in [-0.15, -0.1) is 0 Å². The largest absolute Gasteiger partial charge is 0.508 e. The zero-order valence-corrected chi connectivity index (χ0v) is 15.5. The summed E-state index contributed by atoms with van der Waals surface area (Å²) in [5.41, 5.74) is 4.90. The molecule has 0 aromatic heterocycles. The first-order chi connectivity index (χ1) is 10.6. The maximum absolute atomic E-state index is 9.76. The summed E-state index contributed by atoms with van der Waals surface area (Å²) in [7, 11) is -1.55. The lowest BCUT2D eigenvalue weighted by Gasteiger charge is -2.11. The van der Waals surface area contributed by atoms with Gasteiger partial charge in [0.15, 0.2) is 0 Å². The van der Waals surface area contributed by atoms with E-state index in [2.05, 4.69) is 31.2 Å². The normalized spacial score (nSPS) is 11.1. The van der Waals surface area contributed by atoms with Gasteiger partial charge >= 0.3 is 0 Å². The van der Waals surface area contributed by atoms with E-state index in [0.717, 1.165) is 37.3 Å². The van der Waals surface area contributed by atoms with Gasteiger partial charge in [0.05, 0.1) is 0 Å². The highest BCUT2D eigenvalue weighted by molar-refractivity contribution is 7.33. The lowest BCUT2D eigenvalue weighted by molar-refractivity contribution is 0.474. The fourth-order valence-corrected chi connectivity index (χ4v) is 4.09. The molecule has 4 heteroatoms. The molecule has 0 aliphatic carbocycles. The van der Waals surface area contributed by atoms with E-state index in [0.29, 0.717) is 5.75 Å². The summed E-state index contributed by atoms with van der Waals surface area (Å²) >= 11 is 11.9. The molecular weight excluding hydrogens is 331 g/mol. The van der Waals surface area contributed by atoms with Crippen molar-refractivity contribution < 1.29 is 5.11 Å². The number of phenols is 1. The Hall–Kier alpha value is -0.963. The Morgan fingerprint density at radius 1 is 1.00 bits per heavy atom. The Morgan fingerprint density at radius 3 is 2.36 bits per heavy atom. The Bertz CT molecular complexity index is 597. The molecule has 0 saturated heterocycles. The average Bonchev–Trinajstić information content (AvgIpc) is 2.48. The zero-order valence-electron chi connectivity index (χ0n) is 12.9. The van der Waals surface area contributed by atoms with Gasteiger partial charge in [0.1, 0.15) is 5.75 Å². The van der Waals surface area contributed by atoms with Crippen LogP contribution in [0.25, 0.3) is 11.1 Å². The second kappa shape index (κ2) is 8.61. The topological polar surface area (TPSA) is 20.2 Å². The molecule has 2 aromatic carbocycles. The van der Waals surface area contributed by atoms with Gasteiger partial charge in [-0.2, -0.15) is 22.2 Å². The van der Waals surface area contributed by atoms with E-state index in [4.69, 9.17) is 22.2 Å². The van der Waals surface area contributed by atoms with Crippen LogP contribution in [0.3, 0.4) is 0 Å². The summed E-state index contributed by atoms with van der Waals surface area (Å²) in [6, 6.07) is 15.2. The molecule has 0 fully saturated rings. The SMILES string of the molecule is CCCc1ccc(-c2ccc(O)cc2CCC[SiH](Cl)Cl)cc1. The van der Waals surface area contributed by atoms with Crippen molar-refractivity contribution in [2.24, 2.45) is 0 Å². The van der Waals surface area contributed by atoms with Gasteiger partial charge in [0.25, 0.3) is 0 Å². The fourth-order valence-electron chi connectivity index (χ4n) is 2.66. The first-order valence-electron chi connectivity index (χ1n) is 7.79. The van der Waals surface area contributed by atoms with E-state index >= 15 is 0 Å². The van der Waals surface area contributed by atoms with Crippen molar-refractivity contribution in [2.45, 2.75) is 38.7 Å². The van der Waals surface area contributed by atoms with Gasteiger partial charge < -0.3 is 5.11 Å². The molecule has 118 valence electrons. The van der Waals surface area contributed by atoms with Crippen LogP contribution in [0.15, 0.2) is 42.5 Å². The van der Waals surface area contributed by atoms with Crippen LogP contribution < -0.4 is 0 Å². The van der Waals surface area contributed by atoms with Crippen molar-refractivity contribution in [1.82, 2.24) is 0 Å². The second-order valence-corrected chi connectivity index (χ2v) is 10.8. The molecule has 0 bridgehead atoms. The molecular formula is C18H22Cl2OSi. The van der Waals surface area contributed by atoms with Crippen molar-refractivity contribution in [2.75, 3.05) is 0 Å². The molecule has 22 heavy (non-hydrogen) atoms. The van der Waals surface area contributed by atoms with Gasteiger partial charge in [0.2, 0.25) is 7.42 Å². The average molecular weight is 353 g/mol. The molecule has 0 aliphatic heterocycles. The number of hydrogen-bond donors (Lipinski definition) is 1. The van der Waals surface area contributed by atoms with E-state index in [1.54, 1.807) is 6.07 Å². The molecule has 1 nitrogen and oxygen atoms in total. The lowest BCUT2D eigenvalue weighted by atomic mass is 9.95. The Labute approximate surface area is 143 Å². The minimum Gasteiger partial charge on any atom is -0.508 e. The standard InChI is InChI=1S/C18H22Cl2OSi/c1-2-4-14-6-8-15(9-7-14)18-11-10-17(21)13-16(18)5-3-12-22(19)20/h6-11,13,21-22H,2-5,12H2,1H3. The Balaban J connectivity index is 2.21. The van der Waals surface area contributed by atoms with Gasteiger partial charge in [-0.05, 0) is 59.7 Å². The van der Waals surface area contributed by atoms with E-state index in [-0.39, 0.29) is 0 Å². The number of benzene rings is 2. The number of rotatable bonds is 7. The highest BCUT2D eigenvalue weighted by Crippen LogP contribution is 2.29. The van der Waals surface area contributed by atoms with Gasteiger partial charge in [-0.1, -0.05) is 43.7 Å². The van der Waals surface area contributed by atoms with Crippen LogP contribution in [0.4, 0.5) is 0 Å². The zero-order chi connectivity index (χ0) is 15.9. The molecule has 0 heterocycles. The predicted molar refractivity (Wildman–Crippen MR) is 99.5 cm³/mol. The summed E-state index contributed by atoms with van der Waals surface area (Å²) in [4.78, 5) is 0. The van der Waals surface area contributed by atoms with Crippen LogP contribution in [0.5, 0.6) is 5.75 Å². The molecule has 0 unspecified atom stereocenters. The molecule has 0 saturated carbocycles. The molecule has 2 aromatic rings. The summed E-state index contributed by atoms with van der Waals surface area (Å²) in [6.45, 7) is 2.19. The van der Waals surface area contributed by atoms with Gasteiger partial charge in [0, 0.05) is 0 Å². The number of halogens is 2. The first-order valence-corrected chi connectivity index (χ1v) is 12.1. The van der Waals surface area contributed by atoms with E-state index in [1.807, 2.05) is 12.1 Å². The summed E-state index contributed by atoms with van der Waals surface area (Å²) in [5.74, 6) is 0.312. The number of phenolic OH excluding ortho intramolecular Hbond substituents is 1. The molecule has 1 N–H and O–H groups in total. The summed E-state index contributed by atoms with van der Waals surface area (Å²) in [6.07, 6.45) is 4.13. The van der Waals surface area contributed by atoms with Crippen molar-refractivity contribution in [1.29, 1.82) is 0 Å². The highest BCUT2D eigenvalue weighted by atomic mass is 35.7. The van der Waals surface area contributed by atoms with E-state index in [1.165, 1.54) is 16.7 Å². The van der Waals surface area contributed by atoms with Crippen LogP contribution in [-0.4, -0.2) is 12.5 Å². The monoisotopic (exact) mass is 352 g/mol. The van der Waals surface area contributed by atoms with Crippen molar-refractivity contribution in [3.63, 3.8) is 0 Å². The minimum absolute atomic E-state index is 0.312. The van der Waals surface area contributed by atoms with E-state index in [9.17, 15) is 5.11 Å². The third-order valence-electron chi connectivity index (χ3n) is 3.76. The quantitative estimate of drug-likeness (QED) is 0.504. The smallest absolute Gasteiger partial charge is 0.237 e. The maximum Gasteiger partial charge on any atom is 0.237 e. The lowest BCUT2D eigenvalue weighted by Crippen LogP contribution is -1.96. The van der Waals surface area contributed by atoms with Crippen molar-refractivity contribution >= 4 is 29.6 Å². The third kappa shape index (κ3) is 5.05. The highest BCUT2D eigenvalue weighted by Gasteiger charge is 2.08. The third-order valence-corrected chi connectivity index (χ3v) is 5.91. The first kappa shape index (κ1) is 17.4. The van der Waals surface area contributed by atoms with E-state index < -0.39 is 7.42 Å². The minimum atomic E-state index is -1.55.